The van der Waals surface area contributed by atoms with E-state index in [2.05, 4.69) is 0 Å². The molecule has 0 saturated carbocycles. The molecule has 0 saturated heterocycles. The maximum atomic E-state index is 13.1. The molecule has 2 aromatic carbocycles. The van der Waals surface area contributed by atoms with Gasteiger partial charge in [0.15, 0.2) is 17.3 Å². The first-order valence-electron chi connectivity index (χ1n) is 6.14. The van der Waals surface area contributed by atoms with Crippen molar-refractivity contribution < 1.29 is 18.7 Å². The number of ketones is 1. The van der Waals surface area contributed by atoms with Crippen molar-refractivity contribution in [2.24, 2.45) is 0 Å². The third-order valence-electron chi connectivity index (χ3n) is 3.06. The van der Waals surface area contributed by atoms with Gasteiger partial charge in [0, 0.05) is 11.1 Å². The predicted molar refractivity (Wildman–Crippen MR) is 71.7 cm³/mol. The van der Waals surface area contributed by atoms with Gasteiger partial charge in [0.25, 0.3) is 0 Å². The van der Waals surface area contributed by atoms with Crippen LogP contribution in [0.3, 0.4) is 0 Å². The Hall–Kier alpha value is -2.56. The third kappa shape index (κ3) is 2.18. The second kappa shape index (κ2) is 4.85. The number of hydrogen-bond acceptors (Lipinski definition) is 4. The Morgan fingerprint density at radius 1 is 1.00 bits per heavy atom. The molecule has 2 aromatic rings. The largest absolute Gasteiger partial charge is 0.486 e. The minimum atomic E-state index is -0.538. The van der Waals surface area contributed by atoms with Crippen LogP contribution in [0.25, 0.3) is 0 Å². The summed E-state index contributed by atoms with van der Waals surface area (Å²) in [6.45, 7) is 0.947. The number of hydrogen-bond donors (Lipinski definition) is 1. The summed E-state index contributed by atoms with van der Waals surface area (Å²) in [6.07, 6.45) is 0. The summed E-state index contributed by atoms with van der Waals surface area (Å²) >= 11 is 0. The summed E-state index contributed by atoms with van der Waals surface area (Å²) in [5, 5.41) is 0. The third-order valence-corrected chi connectivity index (χ3v) is 3.06. The molecule has 5 heteroatoms. The predicted octanol–water partition coefficient (Wildman–Crippen LogP) is 2.41. The molecule has 0 amide bonds. The molecule has 102 valence electrons. The highest BCUT2D eigenvalue weighted by atomic mass is 19.1. The van der Waals surface area contributed by atoms with Crippen molar-refractivity contribution in [1.82, 2.24) is 0 Å². The number of halogens is 1. The van der Waals surface area contributed by atoms with E-state index < -0.39 is 5.82 Å². The standard InChI is InChI=1S/C15H12FNO3/c16-11-3-1-9(7-12(11)17)15(18)10-2-4-13-14(8-10)20-6-5-19-13/h1-4,7-8H,5-6,17H2. The van der Waals surface area contributed by atoms with Gasteiger partial charge in [-0.25, -0.2) is 4.39 Å². The van der Waals surface area contributed by atoms with E-state index in [0.29, 0.717) is 35.8 Å². The number of fused-ring (bicyclic) bond motifs is 1. The number of anilines is 1. The minimum Gasteiger partial charge on any atom is -0.486 e. The van der Waals surface area contributed by atoms with E-state index >= 15 is 0 Å². The minimum absolute atomic E-state index is 0.0478. The van der Waals surface area contributed by atoms with Crippen LogP contribution in [0, 0.1) is 5.82 Å². The number of benzene rings is 2. The van der Waals surface area contributed by atoms with Crippen molar-refractivity contribution in [1.29, 1.82) is 0 Å². The van der Waals surface area contributed by atoms with Gasteiger partial charge in [-0.15, -0.1) is 0 Å². The fourth-order valence-corrected chi connectivity index (χ4v) is 2.04. The lowest BCUT2D eigenvalue weighted by Gasteiger charge is -2.18. The Kier molecular flexibility index (Phi) is 3.02. The molecule has 0 atom stereocenters. The Labute approximate surface area is 114 Å². The van der Waals surface area contributed by atoms with Crippen molar-refractivity contribution in [3.8, 4) is 11.5 Å². The molecular formula is C15H12FNO3. The van der Waals surface area contributed by atoms with E-state index in [1.165, 1.54) is 18.2 Å². The lowest BCUT2D eigenvalue weighted by atomic mass is 10.0. The summed E-state index contributed by atoms with van der Waals surface area (Å²) in [7, 11) is 0. The summed E-state index contributed by atoms with van der Waals surface area (Å²) < 4.78 is 23.9. The summed E-state index contributed by atoms with van der Waals surface area (Å²) in [6, 6.07) is 8.88. The van der Waals surface area contributed by atoms with Crippen molar-refractivity contribution in [3.05, 3.63) is 53.3 Å². The zero-order valence-electron chi connectivity index (χ0n) is 10.6. The molecular weight excluding hydrogens is 261 g/mol. The average Bonchev–Trinajstić information content (AvgIpc) is 2.49. The highest BCUT2D eigenvalue weighted by molar-refractivity contribution is 6.09. The highest BCUT2D eigenvalue weighted by Gasteiger charge is 2.16. The van der Waals surface area contributed by atoms with Crippen molar-refractivity contribution in [2.75, 3.05) is 18.9 Å². The molecule has 4 nitrogen and oxygen atoms in total. The molecule has 20 heavy (non-hydrogen) atoms. The monoisotopic (exact) mass is 273 g/mol. The molecule has 0 fully saturated rings. The van der Waals surface area contributed by atoms with E-state index in [1.54, 1.807) is 18.2 Å². The lowest BCUT2D eigenvalue weighted by Crippen LogP contribution is -2.16. The first-order valence-corrected chi connectivity index (χ1v) is 6.14. The molecule has 0 spiro atoms. The highest BCUT2D eigenvalue weighted by Crippen LogP contribution is 2.31. The van der Waals surface area contributed by atoms with E-state index in [1.807, 2.05) is 0 Å². The number of carbonyl (C=O) groups is 1. The van der Waals surface area contributed by atoms with Gasteiger partial charge < -0.3 is 15.2 Å². The molecule has 0 unspecified atom stereocenters. The number of nitrogens with two attached hydrogens (primary N) is 1. The van der Waals surface area contributed by atoms with Gasteiger partial charge in [0.05, 0.1) is 5.69 Å². The van der Waals surface area contributed by atoms with Gasteiger partial charge in [-0.3, -0.25) is 4.79 Å². The molecule has 0 aliphatic carbocycles. The van der Waals surface area contributed by atoms with E-state index in [9.17, 15) is 9.18 Å². The van der Waals surface area contributed by atoms with E-state index in [-0.39, 0.29) is 11.5 Å². The molecule has 1 aliphatic heterocycles. The van der Waals surface area contributed by atoms with E-state index in [0.717, 1.165) is 0 Å². The normalized spacial score (nSPS) is 13.1. The summed E-state index contributed by atoms with van der Waals surface area (Å²) in [5.74, 6) is 0.376. The second-order valence-electron chi connectivity index (χ2n) is 4.42. The first kappa shape index (κ1) is 12.5. The zero-order chi connectivity index (χ0) is 14.1. The van der Waals surface area contributed by atoms with Crippen LogP contribution >= 0.6 is 0 Å². The smallest absolute Gasteiger partial charge is 0.193 e. The first-order chi connectivity index (χ1) is 9.65. The number of ether oxygens (including phenoxy) is 2. The van der Waals surface area contributed by atoms with Crippen LogP contribution in [0.5, 0.6) is 11.5 Å². The molecule has 0 bridgehead atoms. The Bertz CT molecular complexity index is 685. The molecule has 1 aliphatic rings. The maximum absolute atomic E-state index is 13.1. The van der Waals surface area contributed by atoms with Gasteiger partial charge >= 0.3 is 0 Å². The lowest BCUT2D eigenvalue weighted by molar-refractivity contribution is 0.103. The van der Waals surface area contributed by atoms with Gasteiger partial charge in [0.1, 0.15) is 19.0 Å². The van der Waals surface area contributed by atoms with Crippen LogP contribution < -0.4 is 15.2 Å². The topological polar surface area (TPSA) is 61.6 Å². The van der Waals surface area contributed by atoms with Crippen LogP contribution in [-0.2, 0) is 0 Å². The summed E-state index contributed by atoms with van der Waals surface area (Å²) in [4.78, 5) is 12.3. The van der Waals surface area contributed by atoms with Crippen LogP contribution in [0.2, 0.25) is 0 Å². The van der Waals surface area contributed by atoms with E-state index in [4.69, 9.17) is 15.2 Å². The van der Waals surface area contributed by atoms with Crippen LogP contribution in [-0.4, -0.2) is 19.0 Å². The van der Waals surface area contributed by atoms with Crippen LogP contribution in [0.1, 0.15) is 15.9 Å². The SMILES string of the molecule is Nc1cc(C(=O)c2ccc3c(c2)OCCO3)ccc1F. The molecule has 2 N–H and O–H groups in total. The number of nitrogen functional groups attached to an aromatic ring is 1. The van der Waals surface area contributed by atoms with Gasteiger partial charge in [0.2, 0.25) is 0 Å². The Morgan fingerprint density at radius 2 is 1.65 bits per heavy atom. The average molecular weight is 273 g/mol. The fraction of sp³-hybridized carbons (Fsp3) is 0.133. The summed E-state index contributed by atoms with van der Waals surface area (Å²) in [5.41, 5.74) is 6.21. The molecule has 0 aromatic heterocycles. The quantitative estimate of drug-likeness (QED) is 0.674. The fourth-order valence-electron chi connectivity index (χ4n) is 2.04. The molecule has 1 heterocycles. The molecule has 0 radical (unpaired) electrons. The zero-order valence-corrected chi connectivity index (χ0v) is 10.6. The molecule has 3 rings (SSSR count). The number of carbonyl (C=O) groups excluding carboxylic acids is 1. The van der Waals surface area contributed by atoms with Crippen LogP contribution in [0.4, 0.5) is 10.1 Å². The Balaban J connectivity index is 1.95. The van der Waals surface area contributed by atoms with Crippen molar-refractivity contribution >= 4 is 11.5 Å². The van der Waals surface area contributed by atoms with Gasteiger partial charge in [-0.2, -0.15) is 0 Å². The van der Waals surface area contributed by atoms with Gasteiger partial charge in [-0.05, 0) is 36.4 Å². The van der Waals surface area contributed by atoms with Crippen molar-refractivity contribution in [2.45, 2.75) is 0 Å². The number of rotatable bonds is 2. The maximum Gasteiger partial charge on any atom is 0.193 e. The van der Waals surface area contributed by atoms with Crippen molar-refractivity contribution in [3.63, 3.8) is 0 Å². The van der Waals surface area contributed by atoms with Crippen LogP contribution in [0.15, 0.2) is 36.4 Å². The second-order valence-corrected chi connectivity index (χ2v) is 4.42. The Morgan fingerprint density at radius 3 is 2.40 bits per heavy atom. The van der Waals surface area contributed by atoms with Gasteiger partial charge in [-0.1, -0.05) is 0 Å².